The fourth-order valence-electron chi connectivity index (χ4n) is 1.21. The number of hydrogen-bond acceptors (Lipinski definition) is 4. The first-order chi connectivity index (χ1) is 7.47. The number of carboxylic acids is 1. The topological polar surface area (TPSA) is 98.0 Å². The highest BCUT2D eigenvalue weighted by Crippen LogP contribution is 2.20. The SMILES string of the molecule is O=C(O)c1cc(C(O)C(O)CO)ccc1F. The van der Waals surface area contributed by atoms with E-state index in [0.29, 0.717) is 0 Å². The van der Waals surface area contributed by atoms with Crippen LogP contribution in [0.4, 0.5) is 4.39 Å². The van der Waals surface area contributed by atoms with Crippen molar-refractivity contribution < 1.29 is 29.6 Å². The number of carboxylic acid groups (broad SMARTS) is 1. The van der Waals surface area contributed by atoms with Crippen molar-refractivity contribution in [2.45, 2.75) is 12.2 Å². The zero-order valence-electron chi connectivity index (χ0n) is 8.17. The molecule has 4 N–H and O–H groups in total. The van der Waals surface area contributed by atoms with Gasteiger partial charge in [-0.1, -0.05) is 6.07 Å². The third-order valence-electron chi connectivity index (χ3n) is 2.11. The average molecular weight is 230 g/mol. The van der Waals surface area contributed by atoms with E-state index < -0.39 is 36.2 Å². The Bertz CT molecular complexity index is 393. The minimum atomic E-state index is -1.47. The van der Waals surface area contributed by atoms with Crippen molar-refractivity contribution >= 4 is 5.97 Å². The highest BCUT2D eigenvalue weighted by molar-refractivity contribution is 5.88. The number of aliphatic hydroxyl groups excluding tert-OH is 3. The predicted molar refractivity (Wildman–Crippen MR) is 51.4 cm³/mol. The summed E-state index contributed by atoms with van der Waals surface area (Å²) in [5, 5.41) is 35.8. The van der Waals surface area contributed by atoms with Crippen LogP contribution in [0.15, 0.2) is 18.2 Å². The van der Waals surface area contributed by atoms with E-state index in [9.17, 15) is 14.3 Å². The highest BCUT2D eigenvalue weighted by atomic mass is 19.1. The number of benzene rings is 1. The van der Waals surface area contributed by atoms with Crippen LogP contribution in [0.2, 0.25) is 0 Å². The van der Waals surface area contributed by atoms with E-state index in [4.69, 9.17) is 15.3 Å². The van der Waals surface area contributed by atoms with Crippen LogP contribution in [0.5, 0.6) is 0 Å². The van der Waals surface area contributed by atoms with E-state index in [1.54, 1.807) is 0 Å². The first-order valence-corrected chi connectivity index (χ1v) is 4.47. The van der Waals surface area contributed by atoms with Crippen LogP contribution in [0, 0.1) is 5.82 Å². The molecule has 0 bridgehead atoms. The quantitative estimate of drug-likeness (QED) is 0.579. The lowest BCUT2D eigenvalue weighted by atomic mass is 10.0. The van der Waals surface area contributed by atoms with Crippen molar-refractivity contribution in [3.63, 3.8) is 0 Å². The first-order valence-electron chi connectivity index (χ1n) is 4.47. The van der Waals surface area contributed by atoms with E-state index in [0.717, 1.165) is 18.2 Å². The maximum Gasteiger partial charge on any atom is 0.338 e. The van der Waals surface area contributed by atoms with Gasteiger partial charge in [-0.15, -0.1) is 0 Å². The van der Waals surface area contributed by atoms with Crippen molar-refractivity contribution in [1.29, 1.82) is 0 Å². The predicted octanol–water partition coefficient (Wildman–Crippen LogP) is -0.0895. The monoisotopic (exact) mass is 230 g/mol. The van der Waals surface area contributed by atoms with Crippen LogP contribution < -0.4 is 0 Å². The van der Waals surface area contributed by atoms with Gasteiger partial charge in [0, 0.05) is 0 Å². The Morgan fingerprint density at radius 3 is 2.50 bits per heavy atom. The molecule has 0 aliphatic rings. The molecule has 1 aromatic rings. The minimum Gasteiger partial charge on any atom is -0.478 e. The third-order valence-corrected chi connectivity index (χ3v) is 2.11. The molecule has 6 heteroatoms. The van der Waals surface area contributed by atoms with Gasteiger partial charge in [0.15, 0.2) is 0 Å². The summed E-state index contributed by atoms with van der Waals surface area (Å²) in [6, 6.07) is 2.94. The summed E-state index contributed by atoms with van der Waals surface area (Å²) >= 11 is 0. The molecule has 0 heterocycles. The summed E-state index contributed by atoms with van der Waals surface area (Å²) < 4.78 is 13.0. The van der Waals surface area contributed by atoms with Crippen molar-refractivity contribution in [1.82, 2.24) is 0 Å². The molecular weight excluding hydrogens is 219 g/mol. The van der Waals surface area contributed by atoms with Gasteiger partial charge in [0.1, 0.15) is 18.0 Å². The molecule has 88 valence electrons. The van der Waals surface area contributed by atoms with Gasteiger partial charge >= 0.3 is 5.97 Å². The van der Waals surface area contributed by atoms with Gasteiger partial charge < -0.3 is 20.4 Å². The van der Waals surface area contributed by atoms with Crippen LogP contribution in [0.25, 0.3) is 0 Å². The molecule has 0 saturated carbocycles. The fraction of sp³-hybridized carbons (Fsp3) is 0.300. The second kappa shape index (κ2) is 5.02. The second-order valence-electron chi connectivity index (χ2n) is 3.24. The van der Waals surface area contributed by atoms with Crippen molar-refractivity contribution in [2.75, 3.05) is 6.61 Å². The van der Waals surface area contributed by atoms with Gasteiger partial charge in [-0.25, -0.2) is 9.18 Å². The van der Waals surface area contributed by atoms with Crippen LogP contribution in [0.1, 0.15) is 22.0 Å². The number of aliphatic hydroxyl groups is 3. The second-order valence-corrected chi connectivity index (χ2v) is 3.24. The Labute approximate surface area is 90.4 Å². The van der Waals surface area contributed by atoms with E-state index in [1.807, 2.05) is 0 Å². The average Bonchev–Trinajstić information content (AvgIpc) is 2.27. The molecule has 0 radical (unpaired) electrons. The lowest BCUT2D eigenvalue weighted by Crippen LogP contribution is -2.22. The number of aromatic carboxylic acids is 1. The molecule has 0 aromatic heterocycles. The van der Waals surface area contributed by atoms with Crippen molar-refractivity contribution in [2.24, 2.45) is 0 Å². The zero-order valence-corrected chi connectivity index (χ0v) is 8.17. The summed E-state index contributed by atoms with van der Waals surface area (Å²) in [5.41, 5.74) is -0.568. The zero-order chi connectivity index (χ0) is 12.3. The normalized spacial score (nSPS) is 14.5. The summed E-state index contributed by atoms with van der Waals surface area (Å²) in [7, 11) is 0. The molecular formula is C10H11FO5. The molecule has 2 unspecified atom stereocenters. The molecule has 1 aromatic carbocycles. The van der Waals surface area contributed by atoms with Gasteiger partial charge in [-0.3, -0.25) is 0 Å². The summed E-state index contributed by atoms with van der Waals surface area (Å²) in [6.45, 7) is -0.680. The van der Waals surface area contributed by atoms with E-state index in [1.165, 1.54) is 0 Å². The number of hydrogen-bond donors (Lipinski definition) is 4. The van der Waals surface area contributed by atoms with Gasteiger partial charge in [-0.2, -0.15) is 0 Å². The third kappa shape index (κ3) is 2.54. The minimum absolute atomic E-state index is 0.0281. The fourth-order valence-corrected chi connectivity index (χ4v) is 1.21. The number of rotatable bonds is 4. The molecule has 0 spiro atoms. The molecule has 16 heavy (non-hydrogen) atoms. The molecule has 0 amide bonds. The molecule has 0 fully saturated rings. The summed E-state index contributed by atoms with van der Waals surface area (Å²) in [4.78, 5) is 10.6. The maximum absolute atomic E-state index is 13.0. The van der Waals surface area contributed by atoms with Crippen LogP contribution >= 0.6 is 0 Å². The number of halogens is 1. The Morgan fingerprint density at radius 1 is 1.38 bits per heavy atom. The first kappa shape index (κ1) is 12.6. The summed E-state index contributed by atoms with van der Waals surface area (Å²) in [6.07, 6.45) is -2.89. The van der Waals surface area contributed by atoms with Gasteiger partial charge in [0.05, 0.1) is 12.2 Å². The van der Waals surface area contributed by atoms with E-state index in [-0.39, 0.29) is 5.56 Å². The Morgan fingerprint density at radius 2 is 2.00 bits per heavy atom. The summed E-state index contributed by atoms with van der Waals surface area (Å²) in [5.74, 6) is -2.40. The Balaban J connectivity index is 3.07. The van der Waals surface area contributed by atoms with Crippen molar-refractivity contribution in [3.8, 4) is 0 Å². The molecule has 0 aliphatic heterocycles. The largest absolute Gasteiger partial charge is 0.478 e. The lowest BCUT2D eigenvalue weighted by molar-refractivity contribution is -0.0153. The molecule has 5 nitrogen and oxygen atoms in total. The lowest BCUT2D eigenvalue weighted by Gasteiger charge is -2.16. The molecule has 0 aliphatic carbocycles. The van der Waals surface area contributed by atoms with E-state index in [2.05, 4.69) is 0 Å². The smallest absolute Gasteiger partial charge is 0.338 e. The van der Waals surface area contributed by atoms with Gasteiger partial charge in [0.25, 0.3) is 0 Å². The van der Waals surface area contributed by atoms with Crippen molar-refractivity contribution in [3.05, 3.63) is 35.1 Å². The van der Waals surface area contributed by atoms with Gasteiger partial charge in [-0.05, 0) is 17.7 Å². The van der Waals surface area contributed by atoms with Crippen LogP contribution in [0.3, 0.4) is 0 Å². The highest BCUT2D eigenvalue weighted by Gasteiger charge is 2.20. The van der Waals surface area contributed by atoms with Gasteiger partial charge in [0.2, 0.25) is 0 Å². The van der Waals surface area contributed by atoms with Crippen LogP contribution in [-0.4, -0.2) is 39.1 Å². The standard InChI is InChI=1S/C10H11FO5/c11-7-2-1-5(3-6(7)10(15)16)9(14)8(13)4-12/h1-3,8-9,12-14H,4H2,(H,15,16). The maximum atomic E-state index is 13.0. The van der Waals surface area contributed by atoms with Crippen LogP contribution in [-0.2, 0) is 0 Å². The van der Waals surface area contributed by atoms with E-state index >= 15 is 0 Å². The number of carbonyl (C=O) groups is 1. The Kier molecular flexibility index (Phi) is 3.94. The molecule has 1 rings (SSSR count). The Hall–Kier alpha value is -1.50. The molecule has 2 atom stereocenters. The molecule has 0 saturated heterocycles.